The minimum atomic E-state index is -1.31. The number of hydrazone groups is 1. The maximum absolute atomic E-state index is 10.5. The zero-order chi connectivity index (χ0) is 20.7. The molecule has 2 aromatic rings. The highest BCUT2D eigenvalue weighted by molar-refractivity contribution is 7.80. The van der Waals surface area contributed by atoms with Crippen molar-refractivity contribution in [1.82, 2.24) is 5.43 Å². The number of nitrogens with zero attached hydrogens (tertiary/aromatic N) is 1. The van der Waals surface area contributed by atoms with Gasteiger partial charge in [0.15, 0.2) is 16.6 Å². The highest BCUT2D eigenvalue weighted by atomic mass is 32.1. The van der Waals surface area contributed by atoms with E-state index in [0.717, 1.165) is 16.8 Å². The molecule has 0 aromatic heterocycles. The lowest BCUT2D eigenvalue weighted by molar-refractivity contribution is -0.307. The SMILES string of the molecule is COc1cc(/C(C)=N\NC(=S)Nc2ccc(C)cc2C)ccc1OCC(=O)[O-]. The number of carboxylic acid groups (broad SMARTS) is 1. The third-order valence-electron chi connectivity index (χ3n) is 3.88. The molecular formula is C20H22N3O4S-. The summed E-state index contributed by atoms with van der Waals surface area (Å²) < 4.78 is 10.4. The first-order chi connectivity index (χ1) is 13.3. The van der Waals surface area contributed by atoms with Gasteiger partial charge in [-0.05, 0) is 62.8 Å². The van der Waals surface area contributed by atoms with Crippen LogP contribution in [0.1, 0.15) is 23.6 Å². The minimum Gasteiger partial charge on any atom is -0.546 e. The summed E-state index contributed by atoms with van der Waals surface area (Å²) in [5.41, 5.74) is 7.41. The van der Waals surface area contributed by atoms with E-state index >= 15 is 0 Å². The predicted octanol–water partition coefficient (Wildman–Crippen LogP) is 2.15. The lowest BCUT2D eigenvalue weighted by Gasteiger charge is -2.13. The van der Waals surface area contributed by atoms with Crippen molar-refractivity contribution in [2.24, 2.45) is 5.10 Å². The molecule has 0 spiro atoms. The van der Waals surface area contributed by atoms with Gasteiger partial charge in [0.05, 0.1) is 18.8 Å². The number of thiocarbonyl (C=S) groups is 1. The Balaban J connectivity index is 2.05. The molecule has 0 saturated heterocycles. The van der Waals surface area contributed by atoms with Gasteiger partial charge in [-0.25, -0.2) is 0 Å². The second-order valence-electron chi connectivity index (χ2n) is 6.11. The van der Waals surface area contributed by atoms with Crippen LogP contribution in [0.3, 0.4) is 0 Å². The summed E-state index contributed by atoms with van der Waals surface area (Å²) in [6.07, 6.45) is 0. The van der Waals surface area contributed by atoms with Crippen molar-refractivity contribution in [1.29, 1.82) is 0 Å². The number of carboxylic acids is 1. The van der Waals surface area contributed by atoms with Crippen molar-refractivity contribution >= 4 is 34.7 Å². The zero-order valence-corrected chi connectivity index (χ0v) is 17.0. The molecule has 0 aliphatic heterocycles. The Bertz CT molecular complexity index is 912. The van der Waals surface area contributed by atoms with E-state index < -0.39 is 12.6 Å². The number of anilines is 1. The fourth-order valence-corrected chi connectivity index (χ4v) is 2.61. The molecular weight excluding hydrogens is 378 g/mol. The Morgan fingerprint density at radius 2 is 1.93 bits per heavy atom. The van der Waals surface area contributed by atoms with Crippen molar-refractivity contribution in [3.05, 3.63) is 53.1 Å². The number of nitrogens with one attached hydrogen (secondary N) is 2. The van der Waals surface area contributed by atoms with Gasteiger partial charge in [-0.2, -0.15) is 5.10 Å². The van der Waals surface area contributed by atoms with E-state index in [4.69, 9.17) is 21.7 Å². The number of ether oxygens (including phenoxy) is 2. The van der Waals surface area contributed by atoms with Gasteiger partial charge < -0.3 is 24.7 Å². The van der Waals surface area contributed by atoms with Crippen molar-refractivity contribution in [3.8, 4) is 11.5 Å². The van der Waals surface area contributed by atoms with Crippen LogP contribution in [-0.2, 0) is 4.79 Å². The van der Waals surface area contributed by atoms with Crippen LogP contribution in [0.4, 0.5) is 5.69 Å². The summed E-state index contributed by atoms with van der Waals surface area (Å²) in [5, 5.41) is 18.3. The molecule has 0 fully saturated rings. The lowest BCUT2D eigenvalue weighted by atomic mass is 10.1. The largest absolute Gasteiger partial charge is 0.546 e. The number of carbonyl (C=O) groups excluding carboxylic acids is 1. The summed E-state index contributed by atoms with van der Waals surface area (Å²) in [5.74, 6) is -0.606. The summed E-state index contributed by atoms with van der Waals surface area (Å²) in [4.78, 5) is 10.5. The number of rotatable bonds is 7. The van der Waals surface area contributed by atoms with Crippen LogP contribution >= 0.6 is 12.2 Å². The number of aliphatic carboxylic acids is 1. The van der Waals surface area contributed by atoms with Gasteiger partial charge in [-0.15, -0.1) is 0 Å². The van der Waals surface area contributed by atoms with Crippen LogP contribution in [0, 0.1) is 13.8 Å². The highest BCUT2D eigenvalue weighted by Crippen LogP contribution is 2.28. The molecule has 0 bridgehead atoms. The quantitative estimate of drug-likeness (QED) is 0.418. The fourth-order valence-electron chi connectivity index (χ4n) is 2.45. The maximum atomic E-state index is 10.5. The first-order valence-electron chi connectivity index (χ1n) is 8.49. The Labute approximate surface area is 169 Å². The van der Waals surface area contributed by atoms with Gasteiger partial charge in [0.25, 0.3) is 0 Å². The van der Waals surface area contributed by atoms with E-state index in [1.807, 2.05) is 32.9 Å². The summed E-state index contributed by atoms with van der Waals surface area (Å²) in [7, 11) is 1.47. The summed E-state index contributed by atoms with van der Waals surface area (Å²) in [6, 6.07) is 11.1. The zero-order valence-electron chi connectivity index (χ0n) is 16.2. The molecule has 0 atom stereocenters. The van der Waals surface area contributed by atoms with Crippen LogP contribution in [0.15, 0.2) is 41.5 Å². The van der Waals surface area contributed by atoms with Crippen molar-refractivity contribution in [2.75, 3.05) is 19.0 Å². The Kier molecular flexibility index (Phi) is 7.34. The second kappa shape index (κ2) is 9.70. The van der Waals surface area contributed by atoms with Gasteiger partial charge in [-0.1, -0.05) is 17.7 Å². The molecule has 28 heavy (non-hydrogen) atoms. The molecule has 0 saturated carbocycles. The first kappa shape index (κ1) is 21.2. The number of methoxy groups -OCH3 is 1. The topological polar surface area (TPSA) is 95.0 Å². The maximum Gasteiger partial charge on any atom is 0.191 e. The van der Waals surface area contributed by atoms with Gasteiger partial charge in [-0.3, -0.25) is 5.43 Å². The van der Waals surface area contributed by atoms with Crippen molar-refractivity contribution < 1.29 is 19.4 Å². The minimum absolute atomic E-state index is 0.309. The molecule has 2 rings (SSSR count). The Morgan fingerprint density at radius 3 is 2.57 bits per heavy atom. The summed E-state index contributed by atoms with van der Waals surface area (Å²) in [6.45, 7) is 5.29. The Morgan fingerprint density at radius 1 is 1.18 bits per heavy atom. The van der Waals surface area contributed by atoms with E-state index in [-0.39, 0.29) is 0 Å². The number of hydrogen-bond donors (Lipinski definition) is 2. The van der Waals surface area contributed by atoms with Gasteiger partial charge >= 0.3 is 0 Å². The molecule has 2 N–H and O–H groups in total. The predicted molar refractivity (Wildman–Crippen MR) is 111 cm³/mol. The van der Waals surface area contributed by atoms with Gasteiger partial charge in [0.1, 0.15) is 6.61 Å². The number of aryl methyl sites for hydroxylation is 2. The van der Waals surface area contributed by atoms with Crippen LogP contribution < -0.4 is 25.3 Å². The first-order valence-corrected chi connectivity index (χ1v) is 8.90. The third kappa shape index (κ3) is 5.95. The molecule has 148 valence electrons. The molecule has 0 amide bonds. The monoisotopic (exact) mass is 400 g/mol. The van der Waals surface area contributed by atoms with Crippen LogP contribution in [0.5, 0.6) is 11.5 Å². The molecule has 7 nitrogen and oxygen atoms in total. The fraction of sp³-hybridized carbons (Fsp3) is 0.250. The Hall–Kier alpha value is -3.13. The van der Waals surface area contributed by atoms with E-state index in [9.17, 15) is 9.90 Å². The normalized spacial score (nSPS) is 10.9. The molecule has 0 aliphatic rings. The lowest BCUT2D eigenvalue weighted by Crippen LogP contribution is -2.29. The van der Waals surface area contributed by atoms with Crippen molar-refractivity contribution in [2.45, 2.75) is 20.8 Å². The second-order valence-corrected chi connectivity index (χ2v) is 6.52. The smallest absolute Gasteiger partial charge is 0.191 e. The highest BCUT2D eigenvalue weighted by Gasteiger charge is 2.08. The average molecular weight is 400 g/mol. The van der Waals surface area contributed by atoms with Crippen LogP contribution in [-0.4, -0.2) is 30.5 Å². The van der Waals surface area contributed by atoms with Gasteiger partial charge in [0.2, 0.25) is 0 Å². The van der Waals surface area contributed by atoms with Crippen LogP contribution in [0.25, 0.3) is 0 Å². The number of benzene rings is 2. The number of hydrogen-bond acceptors (Lipinski definition) is 6. The van der Waals surface area contributed by atoms with Crippen LogP contribution in [0.2, 0.25) is 0 Å². The van der Waals surface area contributed by atoms with E-state index in [2.05, 4.69) is 21.9 Å². The molecule has 8 heteroatoms. The third-order valence-corrected chi connectivity index (χ3v) is 4.08. The molecule has 0 radical (unpaired) electrons. The van der Waals surface area contributed by atoms with E-state index in [1.165, 1.54) is 12.7 Å². The average Bonchev–Trinajstić information content (AvgIpc) is 2.66. The molecule has 0 aliphatic carbocycles. The van der Waals surface area contributed by atoms with E-state index in [0.29, 0.717) is 22.3 Å². The molecule has 2 aromatic carbocycles. The standard InChI is InChI=1S/C20H23N3O4S/c1-12-5-7-16(13(2)9-12)21-20(28)23-22-14(3)15-6-8-17(18(10-15)26-4)27-11-19(24)25/h5-10H,11H2,1-4H3,(H,24,25)(H2,21,23,28)/p-1/b22-14-. The van der Waals surface area contributed by atoms with Gasteiger partial charge in [0, 0.05) is 11.3 Å². The number of carbonyl (C=O) groups is 1. The summed E-state index contributed by atoms with van der Waals surface area (Å²) >= 11 is 5.29. The molecule has 0 heterocycles. The van der Waals surface area contributed by atoms with E-state index in [1.54, 1.807) is 18.2 Å². The van der Waals surface area contributed by atoms with Crippen molar-refractivity contribution in [3.63, 3.8) is 0 Å². The molecule has 0 unspecified atom stereocenters.